The van der Waals surface area contributed by atoms with E-state index in [9.17, 15) is 4.79 Å². The molecule has 0 amide bonds. The molecule has 106 valence electrons. The number of aromatic nitrogens is 2. The number of nitrogens with zero attached hydrogens (tertiary/aromatic N) is 2. The summed E-state index contributed by atoms with van der Waals surface area (Å²) in [7, 11) is 1.37. The van der Waals surface area contributed by atoms with Crippen LogP contribution in [0.4, 0.5) is 0 Å². The van der Waals surface area contributed by atoms with Crippen LogP contribution in [-0.2, 0) is 4.74 Å². The standard InChI is InChI=1S/C15H17ClN2O2/c1-9(2)14-12(15(19)20-4)8-17-18(14)11-5-6-13(16)10(3)7-11/h5-9H,1-4H3. The lowest BCUT2D eigenvalue weighted by molar-refractivity contribution is 0.0599. The topological polar surface area (TPSA) is 44.1 Å². The lowest BCUT2D eigenvalue weighted by Crippen LogP contribution is -2.09. The molecule has 0 aliphatic heterocycles. The molecular weight excluding hydrogens is 276 g/mol. The zero-order valence-corrected chi connectivity index (χ0v) is 12.7. The highest BCUT2D eigenvalue weighted by Crippen LogP contribution is 2.25. The van der Waals surface area contributed by atoms with Crippen molar-refractivity contribution >= 4 is 17.6 Å². The predicted octanol–water partition coefficient (Wildman–Crippen LogP) is 3.74. The van der Waals surface area contributed by atoms with Crippen molar-refractivity contribution in [3.63, 3.8) is 0 Å². The van der Waals surface area contributed by atoms with Crippen molar-refractivity contribution in [1.82, 2.24) is 9.78 Å². The maximum atomic E-state index is 11.8. The van der Waals surface area contributed by atoms with Gasteiger partial charge in [-0.3, -0.25) is 0 Å². The van der Waals surface area contributed by atoms with Crippen LogP contribution in [0.15, 0.2) is 24.4 Å². The lowest BCUT2D eigenvalue weighted by atomic mass is 10.1. The van der Waals surface area contributed by atoms with Gasteiger partial charge in [0.25, 0.3) is 0 Å². The average Bonchev–Trinajstić information content (AvgIpc) is 2.86. The third-order valence-corrected chi connectivity index (χ3v) is 3.57. The van der Waals surface area contributed by atoms with Crippen LogP contribution >= 0.6 is 11.6 Å². The highest BCUT2D eigenvalue weighted by Gasteiger charge is 2.21. The number of esters is 1. The van der Waals surface area contributed by atoms with Gasteiger partial charge in [0.2, 0.25) is 0 Å². The molecule has 0 saturated heterocycles. The van der Waals surface area contributed by atoms with Crippen LogP contribution < -0.4 is 0 Å². The average molecular weight is 293 g/mol. The van der Waals surface area contributed by atoms with Crippen molar-refractivity contribution in [3.8, 4) is 5.69 Å². The molecule has 0 spiro atoms. The summed E-state index contributed by atoms with van der Waals surface area (Å²) in [4.78, 5) is 11.8. The van der Waals surface area contributed by atoms with E-state index in [0.717, 1.165) is 16.9 Å². The number of methoxy groups -OCH3 is 1. The van der Waals surface area contributed by atoms with Gasteiger partial charge < -0.3 is 4.74 Å². The smallest absolute Gasteiger partial charge is 0.341 e. The zero-order chi connectivity index (χ0) is 14.9. The molecule has 1 aromatic carbocycles. The Morgan fingerprint density at radius 1 is 1.40 bits per heavy atom. The first-order valence-corrected chi connectivity index (χ1v) is 6.76. The van der Waals surface area contributed by atoms with E-state index in [2.05, 4.69) is 5.10 Å². The number of hydrogen-bond donors (Lipinski definition) is 0. The van der Waals surface area contributed by atoms with Crippen LogP contribution in [0.1, 0.15) is 41.4 Å². The fourth-order valence-corrected chi connectivity index (χ4v) is 2.26. The number of rotatable bonds is 3. The number of benzene rings is 1. The van der Waals surface area contributed by atoms with Crippen molar-refractivity contribution in [2.24, 2.45) is 0 Å². The second-order valence-corrected chi connectivity index (χ2v) is 5.34. The second kappa shape index (κ2) is 5.67. The second-order valence-electron chi connectivity index (χ2n) is 4.94. The van der Waals surface area contributed by atoms with E-state index < -0.39 is 0 Å². The largest absolute Gasteiger partial charge is 0.465 e. The van der Waals surface area contributed by atoms with E-state index in [0.29, 0.717) is 10.6 Å². The molecule has 0 fully saturated rings. The molecule has 2 rings (SSSR count). The van der Waals surface area contributed by atoms with Crippen LogP contribution in [0.25, 0.3) is 5.69 Å². The fraction of sp³-hybridized carbons (Fsp3) is 0.333. The van der Waals surface area contributed by atoms with Gasteiger partial charge in [-0.05, 0) is 36.6 Å². The molecule has 5 heteroatoms. The van der Waals surface area contributed by atoms with Gasteiger partial charge in [0.15, 0.2) is 0 Å². The van der Waals surface area contributed by atoms with E-state index in [1.807, 2.05) is 39.0 Å². The summed E-state index contributed by atoms with van der Waals surface area (Å²) in [6.07, 6.45) is 1.55. The molecule has 2 aromatic rings. The third-order valence-electron chi connectivity index (χ3n) is 3.14. The van der Waals surface area contributed by atoms with Gasteiger partial charge in [0, 0.05) is 5.02 Å². The SMILES string of the molecule is COC(=O)c1cnn(-c2ccc(Cl)c(C)c2)c1C(C)C. The number of hydrogen-bond acceptors (Lipinski definition) is 3. The summed E-state index contributed by atoms with van der Waals surface area (Å²) in [5.41, 5.74) is 3.17. The Bertz CT molecular complexity index is 647. The summed E-state index contributed by atoms with van der Waals surface area (Å²) in [6.45, 7) is 5.97. The fourth-order valence-electron chi connectivity index (χ4n) is 2.15. The van der Waals surface area contributed by atoms with Crippen LogP contribution in [0, 0.1) is 6.92 Å². The lowest BCUT2D eigenvalue weighted by Gasteiger charge is -2.13. The molecule has 20 heavy (non-hydrogen) atoms. The molecule has 0 bridgehead atoms. The summed E-state index contributed by atoms with van der Waals surface area (Å²) >= 11 is 6.04. The number of halogens is 1. The molecule has 4 nitrogen and oxygen atoms in total. The maximum absolute atomic E-state index is 11.8. The van der Waals surface area contributed by atoms with Crippen LogP contribution in [-0.4, -0.2) is 22.9 Å². The summed E-state index contributed by atoms with van der Waals surface area (Å²) < 4.78 is 6.57. The van der Waals surface area contributed by atoms with Crippen molar-refractivity contribution in [2.75, 3.05) is 7.11 Å². The number of ether oxygens (including phenoxy) is 1. The summed E-state index contributed by atoms with van der Waals surface area (Å²) in [5.74, 6) is -0.229. The molecular formula is C15H17ClN2O2. The predicted molar refractivity (Wildman–Crippen MR) is 78.7 cm³/mol. The first-order valence-electron chi connectivity index (χ1n) is 6.38. The molecule has 0 aliphatic rings. The van der Waals surface area contributed by atoms with Gasteiger partial charge in [0.05, 0.1) is 24.7 Å². The Balaban J connectivity index is 2.59. The molecule has 1 aromatic heterocycles. The van der Waals surface area contributed by atoms with Gasteiger partial charge in [-0.1, -0.05) is 25.4 Å². The van der Waals surface area contributed by atoms with Gasteiger partial charge in [-0.25, -0.2) is 9.48 Å². The maximum Gasteiger partial charge on any atom is 0.341 e. The van der Waals surface area contributed by atoms with E-state index in [1.54, 1.807) is 10.9 Å². The van der Waals surface area contributed by atoms with E-state index in [-0.39, 0.29) is 11.9 Å². The Morgan fingerprint density at radius 3 is 2.65 bits per heavy atom. The van der Waals surface area contributed by atoms with Gasteiger partial charge in [-0.15, -0.1) is 0 Å². The Morgan fingerprint density at radius 2 is 2.10 bits per heavy atom. The quantitative estimate of drug-likeness (QED) is 0.809. The third kappa shape index (κ3) is 2.56. The molecule has 0 aliphatic carbocycles. The van der Waals surface area contributed by atoms with Crippen molar-refractivity contribution in [2.45, 2.75) is 26.7 Å². The summed E-state index contributed by atoms with van der Waals surface area (Å²) in [6, 6.07) is 5.66. The van der Waals surface area contributed by atoms with Crippen molar-refractivity contribution in [1.29, 1.82) is 0 Å². The molecule has 0 N–H and O–H groups in total. The van der Waals surface area contributed by atoms with Crippen molar-refractivity contribution < 1.29 is 9.53 Å². The number of carbonyl (C=O) groups excluding carboxylic acids is 1. The Hall–Kier alpha value is -1.81. The minimum Gasteiger partial charge on any atom is -0.465 e. The van der Waals surface area contributed by atoms with Crippen LogP contribution in [0.3, 0.4) is 0 Å². The first-order chi connectivity index (χ1) is 9.45. The highest BCUT2D eigenvalue weighted by atomic mass is 35.5. The van der Waals surface area contributed by atoms with E-state index in [1.165, 1.54) is 7.11 Å². The number of carbonyl (C=O) groups is 1. The van der Waals surface area contributed by atoms with Crippen molar-refractivity contribution in [3.05, 3.63) is 46.2 Å². The van der Waals surface area contributed by atoms with E-state index in [4.69, 9.17) is 16.3 Å². The molecule has 0 radical (unpaired) electrons. The molecule has 0 saturated carbocycles. The minimum atomic E-state index is -0.370. The molecule has 0 unspecified atom stereocenters. The Labute approximate surface area is 123 Å². The molecule has 0 atom stereocenters. The van der Waals surface area contributed by atoms with Gasteiger partial charge in [0.1, 0.15) is 5.56 Å². The highest BCUT2D eigenvalue weighted by molar-refractivity contribution is 6.31. The summed E-state index contributed by atoms with van der Waals surface area (Å²) in [5, 5.41) is 5.03. The normalized spacial score (nSPS) is 10.9. The molecule has 1 heterocycles. The van der Waals surface area contributed by atoms with Crippen LogP contribution in [0.2, 0.25) is 5.02 Å². The number of aryl methyl sites for hydroxylation is 1. The monoisotopic (exact) mass is 292 g/mol. The van der Waals surface area contributed by atoms with Crippen LogP contribution in [0.5, 0.6) is 0 Å². The van der Waals surface area contributed by atoms with E-state index >= 15 is 0 Å². The zero-order valence-electron chi connectivity index (χ0n) is 12.0. The first kappa shape index (κ1) is 14.6. The minimum absolute atomic E-state index is 0.141. The van der Waals surface area contributed by atoms with Gasteiger partial charge >= 0.3 is 5.97 Å². The van der Waals surface area contributed by atoms with Gasteiger partial charge in [-0.2, -0.15) is 5.10 Å². The Kier molecular flexibility index (Phi) is 4.14.